The van der Waals surface area contributed by atoms with Crippen LogP contribution in [0.2, 0.25) is 5.02 Å². The summed E-state index contributed by atoms with van der Waals surface area (Å²) in [6, 6.07) is 9.40. The standard InChI is InChI=1S/C18H19ClFN3O4S/c19-16-10-12(11-1-3-13(21)4-2-11)9-15(17(16)20)18(24)22-23-28(25,26)14-5-7-27-8-6-14/h1-4,9-10,14,23H,5-8,21H2,(H,22,24). The molecule has 0 aromatic heterocycles. The number of hydrogen-bond acceptors (Lipinski definition) is 5. The Hall–Kier alpha value is -2.20. The molecule has 1 fully saturated rings. The molecule has 1 aliphatic rings. The number of hydrogen-bond donors (Lipinski definition) is 3. The molecule has 0 spiro atoms. The minimum absolute atomic E-state index is 0.258. The number of nitrogen functional groups attached to an aromatic ring is 1. The van der Waals surface area contributed by atoms with E-state index in [2.05, 4.69) is 5.43 Å². The van der Waals surface area contributed by atoms with Crippen molar-refractivity contribution in [2.24, 2.45) is 0 Å². The van der Waals surface area contributed by atoms with Gasteiger partial charge in [0, 0.05) is 18.9 Å². The average molecular weight is 428 g/mol. The van der Waals surface area contributed by atoms with Crippen molar-refractivity contribution in [3.05, 3.63) is 52.8 Å². The van der Waals surface area contributed by atoms with E-state index in [4.69, 9.17) is 22.1 Å². The highest BCUT2D eigenvalue weighted by molar-refractivity contribution is 7.90. The molecule has 2 aromatic rings. The molecule has 0 atom stereocenters. The van der Waals surface area contributed by atoms with Gasteiger partial charge in [-0.25, -0.2) is 12.8 Å². The Bertz CT molecular complexity index is 977. The van der Waals surface area contributed by atoms with Crippen molar-refractivity contribution >= 4 is 33.2 Å². The van der Waals surface area contributed by atoms with Crippen molar-refractivity contribution in [2.75, 3.05) is 18.9 Å². The van der Waals surface area contributed by atoms with Crippen LogP contribution in [0.25, 0.3) is 11.1 Å². The van der Waals surface area contributed by atoms with E-state index < -0.39 is 27.0 Å². The second-order valence-corrected chi connectivity index (χ2v) is 8.72. The van der Waals surface area contributed by atoms with E-state index in [1.54, 1.807) is 24.3 Å². The first-order valence-electron chi connectivity index (χ1n) is 8.51. The van der Waals surface area contributed by atoms with Gasteiger partial charge in [-0.15, -0.1) is 4.83 Å². The van der Waals surface area contributed by atoms with Crippen LogP contribution in [0.1, 0.15) is 23.2 Å². The first-order chi connectivity index (χ1) is 13.3. The van der Waals surface area contributed by atoms with Gasteiger partial charge in [0.05, 0.1) is 15.8 Å². The topological polar surface area (TPSA) is 111 Å². The van der Waals surface area contributed by atoms with E-state index in [0.717, 1.165) is 0 Å². The fourth-order valence-electron chi connectivity index (χ4n) is 2.85. The third-order valence-corrected chi connectivity index (χ3v) is 6.44. The molecule has 28 heavy (non-hydrogen) atoms. The second-order valence-electron chi connectivity index (χ2n) is 6.35. The Balaban J connectivity index is 1.80. The normalized spacial score (nSPS) is 15.4. The third kappa shape index (κ3) is 4.61. The van der Waals surface area contributed by atoms with Crippen LogP contribution in [-0.4, -0.2) is 32.8 Å². The van der Waals surface area contributed by atoms with Crippen molar-refractivity contribution in [3.63, 3.8) is 0 Å². The third-order valence-electron chi connectivity index (χ3n) is 4.43. The quantitative estimate of drug-likeness (QED) is 0.501. The molecule has 0 bridgehead atoms. The summed E-state index contributed by atoms with van der Waals surface area (Å²) in [5.41, 5.74) is 9.05. The maximum Gasteiger partial charge on any atom is 0.269 e. The number of benzene rings is 2. The molecule has 0 aliphatic carbocycles. The van der Waals surface area contributed by atoms with E-state index in [0.29, 0.717) is 42.9 Å². The first-order valence-corrected chi connectivity index (χ1v) is 10.4. The highest BCUT2D eigenvalue weighted by atomic mass is 35.5. The van der Waals surface area contributed by atoms with Crippen molar-refractivity contribution in [1.29, 1.82) is 0 Å². The van der Waals surface area contributed by atoms with Crippen LogP contribution in [0, 0.1) is 5.82 Å². The average Bonchev–Trinajstić information content (AvgIpc) is 2.69. The zero-order valence-electron chi connectivity index (χ0n) is 14.7. The molecule has 1 aliphatic heterocycles. The lowest BCUT2D eigenvalue weighted by atomic mass is 10.0. The summed E-state index contributed by atoms with van der Waals surface area (Å²) in [6.07, 6.45) is 0.635. The number of sulfonamides is 1. The number of nitrogens with two attached hydrogens (primary N) is 1. The smallest absolute Gasteiger partial charge is 0.269 e. The lowest BCUT2D eigenvalue weighted by molar-refractivity contribution is 0.0934. The number of carbonyl (C=O) groups is 1. The van der Waals surface area contributed by atoms with Gasteiger partial charge in [-0.2, -0.15) is 0 Å². The summed E-state index contributed by atoms with van der Waals surface area (Å²) < 4.78 is 44.1. The molecule has 1 amide bonds. The van der Waals surface area contributed by atoms with Gasteiger partial charge in [0.1, 0.15) is 0 Å². The van der Waals surface area contributed by atoms with Crippen molar-refractivity contribution < 1.29 is 22.3 Å². The fourth-order valence-corrected chi connectivity index (χ4v) is 4.28. The first kappa shape index (κ1) is 20.5. The number of halogens is 2. The molecule has 2 aromatic carbocycles. The minimum Gasteiger partial charge on any atom is -0.399 e. The maximum atomic E-state index is 14.4. The van der Waals surface area contributed by atoms with Crippen LogP contribution in [0.4, 0.5) is 10.1 Å². The Kier molecular flexibility index (Phi) is 6.19. The van der Waals surface area contributed by atoms with Crippen LogP contribution < -0.4 is 16.0 Å². The van der Waals surface area contributed by atoms with Crippen molar-refractivity contribution in [3.8, 4) is 11.1 Å². The van der Waals surface area contributed by atoms with Crippen LogP contribution in [-0.2, 0) is 14.8 Å². The van der Waals surface area contributed by atoms with E-state index in [9.17, 15) is 17.6 Å². The Morgan fingerprint density at radius 2 is 1.79 bits per heavy atom. The van der Waals surface area contributed by atoms with Gasteiger partial charge in [-0.1, -0.05) is 23.7 Å². The molecule has 150 valence electrons. The van der Waals surface area contributed by atoms with Gasteiger partial charge in [-0.3, -0.25) is 10.2 Å². The molecular formula is C18H19ClFN3O4S. The Morgan fingerprint density at radius 3 is 2.43 bits per heavy atom. The summed E-state index contributed by atoms with van der Waals surface area (Å²) in [7, 11) is -3.81. The zero-order chi connectivity index (χ0) is 20.3. The number of carbonyl (C=O) groups excluding carboxylic acids is 1. The second kappa shape index (κ2) is 8.44. The van der Waals surface area contributed by atoms with E-state index >= 15 is 0 Å². The van der Waals surface area contributed by atoms with Gasteiger partial charge in [0.2, 0.25) is 10.0 Å². The molecular weight excluding hydrogens is 409 g/mol. The van der Waals surface area contributed by atoms with Gasteiger partial charge >= 0.3 is 0 Å². The van der Waals surface area contributed by atoms with Gasteiger partial charge in [0.15, 0.2) is 5.82 Å². The molecule has 0 unspecified atom stereocenters. The van der Waals surface area contributed by atoms with Crippen LogP contribution >= 0.6 is 11.6 Å². The highest BCUT2D eigenvalue weighted by Crippen LogP contribution is 2.28. The van der Waals surface area contributed by atoms with Crippen LogP contribution in [0.3, 0.4) is 0 Å². The predicted octanol–water partition coefficient (Wildman–Crippen LogP) is 2.47. The molecule has 3 rings (SSSR count). The summed E-state index contributed by atoms with van der Waals surface area (Å²) >= 11 is 5.92. The van der Waals surface area contributed by atoms with E-state index in [1.807, 2.05) is 4.83 Å². The predicted molar refractivity (Wildman–Crippen MR) is 105 cm³/mol. The Labute approximate surface area is 167 Å². The number of ether oxygens (including phenoxy) is 1. The van der Waals surface area contributed by atoms with Crippen molar-refractivity contribution in [2.45, 2.75) is 18.1 Å². The lowest BCUT2D eigenvalue weighted by Crippen LogP contribution is -2.47. The molecule has 4 N–H and O–H groups in total. The molecule has 7 nitrogen and oxygen atoms in total. The zero-order valence-corrected chi connectivity index (χ0v) is 16.3. The number of nitrogens with one attached hydrogen (secondary N) is 2. The highest BCUT2D eigenvalue weighted by Gasteiger charge is 2.28. The number of amides is 1. The van der Waals surface area contributed by atoms with Crippen LogP contribution in [0.5, 0.6) is 0 Å². The van der Waals surface area contributed by atoms with Gasteiger partial charge < -0.3 is 10.5 Å². The Morgan fingerprint density at radius 1 is 1.14 bits per heavy atom. The fraction of sp³-hybridized carbons (Fsp3) is 0.278. The van der Waals surface area contributed by atoms with E-state index in [1.165, 1.54) is 12.1 Å². The number of hydrazine groups is 1. The molecule has 10 heteroatoms. The maximum absolute atomic E-state index is 14.4. The van der Waals surface area contributed by atoms with Gasteiger partial charge in [-0.05, 0) is 48.2 Å². The number of anilines is 1. The molecule has 0 radical (unpaired) electrons. The minimum atomic E-state index is -3.81. The monoisotopic (exact) mass is 427 g/mol. The summed E-state index contributed by atoms with van der Waals surface area (Å²) in [5.74, 6) is -1.89. The van der Waals surface area contributed by atoms with E-state index in [-0.39, 0.29) is 10.6 Å². The van der Waals surface area contributed by atoms with Crippen molar-refractivity contribution in [1.82, 2.24) is 10.3 Å². The molecule has 1 saturated heterocycles. The summed E-state index contributed by atoms with van der Waals surface area (Å²) in [5, 5.41) is -0.942. The molecule has 1 heterocycles. The summed E-state index contributed by atoms with van der Waals surface area (Å²) in [4.78, 5) is 14.4. The number of rotatable bonds is 5. The largest absolute Gasteiger partial charge is 0.399 e. The van der Waals surface area contributed by atoms with Crippen LogP contribution in [0.15, 0.2) is 36.4 Å². The molecule has 0 saturated carbocycles. The van der Waals surface area contributed by atoms with Gasteiger partial charge in [0.25, 0.3) is 5.91 Å². The lowest BCUT2D eigenvalue weighted by Gasteiger charge is -2.22. The summed E-state index contributed by atoms with van der Waals surface area (Å²) in [6.45, 7) is 0.654. The SMILES string of the molecule is Nc1ccc(-c2cc(Cl)c(F)c(C(=O)NNS(=O)(=O)C3CCOCC3)c2)cc1.